The van der Waals surface area contributed by atoms with E-state index in [0.29, 0.717) is 5.69 Å². The van der Waals surface area contributed by atoms with Gasteiger partial charge in [0, 0.05) is 0 Å². The molecule has 1 aromatic heterocycles. The van der Waals surface area contributed by atoms with Crippen molar-refractivity contribution in [2.75, 3.05) is 0 Å². The van der Waals surface area contributed by atoms with E-state index in [9.17, 15) is 4.79 Å². The maximum absolute atomic E-state index is 11.0. The van der Waals surface area contributed by atoms with Crippen molar-refractivity contribution in [3.63, 3.8) is 0 Å². The largest absolute Gasteiger partial charge is 0.476 e. The second-order valence-corrected chi connectivity index (χ2v) is 5.51. The molecule has 0 aliphatic heterocycles. The van der Waals surface area contributed by atoms with Crippen LogP contribution in [0.25, 0.3) is 5.69 Å². The quantitative estimate of drug-likeness (QED) is 0.900. The Bertz CT molecular complexity index is 624. The molecule has 5 heteroatoms. The average Bonchev–Trinajstić information content (AvgIpc) is 2.70. The molecule has 0 radical (unpaired) electrons. The highest BCUT2D eigenvalue weighted by molar-refractivity contribution is 5.86. The van der Waals surface area contributed by atoms with Crippen LogP contribution in [-0.4, -0.2) is 26.1 Å². The summed E-state index contributed by atoms with van der Waals surface area (Å²) >= 11 is 0. The van der Waals surface area contributed by atoms with Gasteiger partial charge >= 0.3 is 5.97 Å². The third kappa shape index (κ3) is 2.36. The standard InChI is InChI=1S/C14H17N3O2/c1-9-12(13(18)19)15-16-17(9)11-8-6-5-7-10(11)14(2,3)4/h5-8H,1-4H3,(H,18,19). The van der Waals surface area contributed by atoms with Crippen LogP contribution in [-0.2, 0) is 5.41 Å². The molecule has 0 amide bonds. The van der Waals surface area contributed by atoms with Gasteiger partial charge in [0.15, 0.2) is 5.69 Å². The lowest BCUT2D eigenvalue weighted by Crippen LogP contribution is -2.16. The van der Waals surface area contributed by atoms with Gasteiger partial charge in [-0.3, -0.25) is 0 Å². The van der Waals surface area contributed by atoms with Crippen molar-refractivity contribution in [2.24, 2.45) is 0 Å². The summed E-state index contributed by atoms with van der Waals surface area (Å²) in [6, 6.07) is 7.82. The third-order valence-corrected chi connectivity index (χ3v) is 3.04. The predicted molar refractivity (Wildman–Crippen MR) is 71.8 cm³/mol. The van der Waals surface area contributed by atoms with Crippen LogP contribution in [0, 0.1) is 6.92 Å². The number of aromatic carboxylic acids is 1. The highest BCUT2D eigenvalue weighted by Gasteiger charge is 2.22. The van der Waals surface area contributed by atoms with Crippen LogP contribution in [0.15, 0.2) is 24.3 Å². The maximum Gasteiger partial charge on any atom is 0.358 e. The van der Waals surface area contributed by atoms with Crippen LogP contribution in [0.1, 0.15) is 42.5 Å². The molecule has 0 aliphatic carbocycles. The first kappa shape index (κ1) is 13.3. The number of benzene rings is 1. The molecule has 0 saturated heterocycles. The van der Waals surface area contributed by atoms with Crippen molar-refractivity contribution in [3.8, 4) is 5.69 Å². The van der Waals surface area contributed by atoms with E-state index in [1.54, 1.807) is 11.6 Å². The minimum Gasteiger partial charge on any atom is -0.476 e. The van der Waals surface area contributed by atoms with E-state index in [0.717, 1.165) is 11.3 Å². The molecule has 0 bridgehead atoms. The zero-order valence-corrected chi connectivity index (χ0v) is 11.5. The van der Waals surface area contributed by atoms with Gasteiger partial charge in [0.1, 0.15) is 0 Å². The molecule has 5 nitrogen and oxygen atoms in total. The number of carbonyl (C=O) groups is 1. The van der Waals surface area contributed by atoms with Crippen LogP contribution < -0.4 is 0 Å². The Labute approximate surface area is 111 Å². The zero-order chi connectivity index (χ0) is 14.2. The molecule has 2 aromatic rings. The Morgan fingerprint density at radius 3 is 2.42 bits per heavy atom. The SMILES string of the molecule is Cc1c(C(=O)O)nnn1-c1ccccc1C(C)(C)C. The minimum atomic E-state index is -1.06. The number of rotatable bonds is 2. The van der Waals surface area contributed by atoms with E-state index in [-0.39, 0.29) is 11.1 Å². The Morgan fingerprint density at radius 1 is 1.26 bits per heavy atom. The summed E-state index contributed by atoms with van der Waals surface area (Å²) in [5, 5.41) is 16.7. The Kier molecular flexibility index (Phi) is 3.14. The molecular formula is C14H17N3O2. The van der Waals surface area contributed by atoms with Crippen molar-refractivity contribution in [2.45, 2.75) is 33.1 Å². The molecule has 19 heavy (non-hydrogen) atoms. The van der Waals surface area contributed by atoms with Crippen LogP contribution in [0.2, 0.25) is 0 Å². The molecule has 0 saturated carbocycles. The summed E-state index contributed by atoms with van der Waals surface area (Å²) in [5.41, 5.74) is 2.43. The molecular weight excluding hydrogens is 242 g/mol. The number of carboxylic acid groups (broad SMARTS) is 1. The van der Waals surface area contributed by atoms with Gasteiger partial charge in [0.2, 0.25) is 0 Å². The van der Waals surface area contributed by atoms with E-state index in [4.69, 9.17) is 5.11 Å². The fourth-order valence-corrected chi connectivity index (χ4v) is 2.05. The fraction of sp³-hybridized carbons (Fsp3) is 0.357. The first-order valence-corrected chi connectivity index (χ1v) is 6.08. The molecule has 0 aliphatic rings. The Morgan fingerprint density at radius 2 is 1.89 bits per heavy atom. The smallest absolute Gasteiger partial charge is 0.358 e. The van der Waals surface area contributed by atoms with E-state index in [1.807, 2.05) is 24.3 Å². The molecule has 1 heterocycles. The summed E-state index contributed by atoms with van der Waals surface area (Å²) in [6.07, 6.45) is 0. The van der Waals surface area contributed by atoms with Gasteiger partial charge in [-0.15, -0.1) is 5.10 Å². The van der Waals surface area contributed by atoms with Crippen LogP contribution >= 0.6 is 0 Å². The van der Waals surface area contributed by atoms with Crippen LogP contribution in [0.4, 0.5) is 0 Å². The molecule has 100 valence electrons. The summed E-state index contributed by atoms with van der Waals surface area (Å²) in [6.45, 7) is 8.03. The zero-order valence-electron chi connectivity index (χ0n) is 11.5. The topological polar surface area (TPSA) is 68.0 Å². The number of carboxylic acids is 1. The lowest BCUT2D eigenvalue weighted by Gasteiger charge is -2.22. The molecule has 1 N–H and O–H groups in total. The van der Waals surface area contributed by atoms with Crippen molar-refractivity contribution in [1.29, 1.82) is 0 Å². The predicted octanol–water partition coefficient (Wildman–Crippen LogP) is 2.57. The summed E-state index contributed by atoms with van der Waals surface area (Å²) in [5.74, 6) is -1.06. The molecule has 1 aromatic carbocycles. The first-order valence-electron chi connectivity index (χ1n) is 6.08. The molecule has 0 atom stereocenters. The summed E-state index contributed by atoms with van der Waals surface area (Å²) in [4.78, 5) is 11.0. The van der Waals surface area contributed by atoms with Gasteiger partial charge in [-0.1, -0.05) is 44.2 Å². The van der Waals surface area contributed by atoms with E-state index >= 15 is 0 Å². The highest BCUT2D eigenvalue weighted by atomic mass is 16.4. The number of aromatic nitrogens is 3. The number of hydrogen-bond donors (Lipinski definition) is 1. The van der Waals surface area contributed by atoms with Crippen molar-refractivity contribution in [3.05, 3.63) is 41.2 Å². The second kappa shape index (κ2) is 4.50. The Balaban J connectivity index is 2.64. The van der Waals surface area contributed by atoms with Gasteiger partial charge in [0.25, 0.3) is 0 Å². The van der Waals surface area contributed by atoms with Crippen molar-refractivity contribution in [1.82, 2.24) is 15.0 Å². The fourth-order valence-electron chi connectivity index (χ4n) is 2.05. The van der Waals surface area contributed by atoms with Crippen LogP contribution in [0.3, 0.4) is 0 Å². The van der Waals surface area contributed by atoms with E-state index in [1.165, 1.54) is 0 Å². The molecule has 0 spiro atoms. The summed E-state index contributed by atoms with van der Waals surface area (Å²) < 4.78 is 1.59. The number of para-hydroxylation sites is 1. The normalized spacial score (nSPS) is 11.6. The van der Waals surface area contributed by atoms with Crippen molar-refractivity contribution >= 4 is 5.97 Å². The van der Waals surface area contributed by atoms with E-state index < -0.39 is 5.97 Å². The summed E-state index contributed by atoms with van der Waals surface area (Å²) in [7, 11) is 0. The van der Waals surface area contributed by atoms with Gasteiger partial charge < -0.3 is 5.11 Å². The Hall–Kier alpha value is -2.17. The number of hydrogen-bond acceptors (Lipinski definition) is 3. The van der Waals surface area contributed by atoms with Gasteiger partial charge in [-0.25, -0.2) is 9.48 Å². The lowest BCUT2D eigenvalue weighted by atomic mass is 9.86. The van der Waals surface area contributed by atoms with Gasteiger partial charge in [0.05, 0.1) is 11.4 Å². The second-order valence-electron chi connectivity index (χ2n) is 5.51. The third-order valence-electron chi connectivity index (χ3n) is 3.04. The average molecular weight is 259 g/mol. The van der Waals surface area contributed by atoms with Gasteiger partial charge in [-0.2, -0.15) is 0 Å². The number of nitrogens with zero attached hydrogens (tertiary/aromatic N) is 3. The maximum atomic E-state index is 11.0. The monoisotopic (exact) mass is 259 g/mol. The highest BCUT2D eigenvalue weighted by Crippen LogP contribution is 2.28. The van der Waals surface area contributed by atoms with E-state index in [2.05, 4.69) is 31.1 Å². The molecule has 0 unspecified atom stereocenters. The minimum absolute atomic E-state index is 0.0105. The molecule has 2 rings (SSSR count). The van der Waals surface area contributed by atoms with Crippen molar-refractivity contribution < 1.29 is 9.90 Å². The van der Waals surface area contributed by atoms with Crippen LogP contribution in [0.5, 0.6) is 0 Å². The molecule has 0 fully saturated rings. The first-order chi connectivity index (χ1) is 8.82. The lowest BCUT2D eigenvalue weighted by molar-refractivity contribution is 0.0689. The van der Waals surface area contributed by atoms with Gasteiger partial charge in [-0.05, 0) is 24.0 Å².